The van der Waals surface area contributed by atoms with Gasteiger partial charge in [-0.25, -0.2) is 9.59 Å². The molecule has 0 aromatic heterocycles. The lowest BCUT2D eigenvalue weighted by molar-refractivity contribution is -0.141. The molecule has 0 unspecified atom stereocenters. The smallest absolute Gasteiger partial charge is 0.373 e. The first-order valence-corrected chi connectivity index (χ1v) is 11.2. The number of hydrogen-bond acceptors (Lipinski definition) is 8. The van der Waals surface area contributed by atoms with Crippen LogP contribution >= 0.6 is 0 Å². The molecule has 188 valence electrons. The minimum atomic E-state index is -0.781. The zero-order chi connectivity index (χ0) is 26.2. The van der Waals surface area contributed by atoms with Crippen molar-refractivity contribution >= 4 is 23.5 Å². The lowest BCUT2D eigenvalue weighted by atomic mass is 9.50. The molecule has 0 spiro atoms. The van der Waals surface area contributed by atoms with E-state index in [0.29, 0.717) is 0 Å². The Hall–Kier alpha value is -4.20. The highest BCUT2D eigenvalue weighted by atomic mass is 16.6. The second-order valence-corrected chi connectivity index (χ2v) is 8.14. The Kier molecular flexibility index (Phi) is 8.78. The van der Waals surface area contributed by atoms with E-state index < -0.39 is 35.6 Å². The molecule has 0 aliphatic heterocycles. The number of benzene rings is 2. The molecule has 36 heavy (non-hydrogen) atoms. The van der Waals surface area contributed by atoms with Crippen LogP contribution in [0.15, 0.2) is 84.3 Å². The Balaban J connectivity index is 2.14. The lowest BCUT2D eigenvalue weighted by Gasteiger charge is -2.50. The maximum atomic E-state index is 13.6. The van der Waals surface area contributed by atoms with Crippen molar-refractivity contribution in [1.29, 1.82) is 0 Å². The van der Waals surface area contributed by atoms with Crippen molar-refractivity contribution in [3.05, 3.63) is 95.5 Å². The van der Waals surface area contributed by atoms with Crippen molar-refractivity contribution in [3.63, 3.8) is 0 Å². The molecule has 3 rings (SSSR count). The maximum Gasteiger partial charge on any atom is 0.373 e. The molecule has 8 nitrogen and oxygen atoms in total. The second kappa shape index (κ2) is 12.0. The lowest BCUT2D eigenvalue weighted by Crippen LogP contribution is -2.50. The fourth-order valence-corrected chi connectivity index (χ4v) is 4.69. The van der Waals surface area contributed by atoms with Gasteiger partial charge in [0.25, 0.3) is 0 Å². The van der Waals surface area contributed by atoms with Crippen LogP contribution in [0.5, 0.6) is 0 Å². The number of esters is 2. The third-order valence-corrected chi connectivity index (χ3v) is 6.33. The predicted octanol–water partition coefficient (Wildman–Crippen LogP) is 3.34. The van der Waals surface area contributed by atoms with Crippen LogP contribution in [0.1, 0.15) is 23.0 Å². The van der Waals surface area contributed by atoms with Gasteiger partial charge in [0.15, 0.2) is 11.6 Å². The molecule has 1 aliphatic carbocycles. The van der Waals surface area contributed by atoms with E-state index in [0.717, 1.165) is 23.3 Å². The molecule has 1 saturated carbocycles. The SMILES string of the molecule is COC(=O)C(=CC(=O)C1C(c2ccccc2)C(C(=O)C=C(OC)C(=O)OC)C1c1ccccc1)OC. The number of rotatable bonds is 10. The zero-order valence-corrected chi connectivity index (χ0v) is 20.5. The quantitative estimate of drug-likeness (QED) is 0.283. The highest BCUT2D eigenvalue weighted by Crippen LogP contribution is 2.58. The molecular formula is C28H28O8. The molecule has 0 amide bonds. The molecule has 0 bridgehead atoms. The van der Waals surface area contributed by atoms with Gasteiger partial charge in [-0.2, -0.15) is 0 Å². The van der Waals surface area contributed by atoms with Gasteiger partial charge in [0.05, 0.1) is 28.4 Å². The van der Waals surface area contributed by atoms with Crippen LogP contribution in [0.4, 0.5) is 0 Å². The normalized spacial score (nSPS) is 21.6. The number of ether oxygens (including phenoxy) is 4. The molecule has 8 heteroatoms. The number of allylic oxidation sites excluding steroid dienone is 2. The highest BCUT2D eigenvalue weighted by molar-refractivity contribution is 6.05. The molecule has 1 fully saturated rings. The first-order chi connectivity index (χ1) is 17.4. The predicted molar refractivity (Wildman–Crippen MR) is 130 cm³/mol. The monoisotopic (exact) mass is 492 g/mol. The van der Waals surface area contributed by atoms with E-state index in [-0.39, 0.29) is 23.1 Å². The van der Waals surface area contributed by atoms with E-state index >= 15 is 0 Å². The molecule has 0 saturated heterocycles. The molecule has 0 N–H and O–H groups in total. The van der Waals surface area contributed by atoms with Gasteiger partial charge in [0.2, 0.25) is 11.5 Å². The van der Waals surface area contributed by atoms with Crippen molar-refractivity contribution in [2.75, 3.05) is 28.4 Å². The van der Waals surface area contributed by atoms with Gasteiger partial charge in [0.1, 0.15) is 0 Å². The summed E-state index contributed by atoms with van der Waals surface area (Å²) in [5.41, 5.74) is 1.55. The Morgan fingerprint density at radius 2 is 0.889 bits per heavy atom. The average Bonchev–Trinajstić information content (AvgIpc) is 2.90. The average molecular weight is 493 g/mol. The van der Waals surface area contributed by atoms with Gasteiger partial charge >= 0.3 is 11.9 Å². The van der Waals surface area contributed by atoms with Gasteiger partial charge in [-0.1, -0.05) is 60.7 Å². The van der Waals surface area contributed by atoms with Crippen LogP contribution in [0.2, 0.25) is 0 Å². The Morgan fingerprint density at radius 1 is 0.556 bits per heavy atom. The van der Waals surface area contributed by atoms with E-state index in [1.54, 1.807) is 0 Å². The summed E-state index contributed by atoms with van der Waals surface area (Å²) in [6.07, 6.45) is 2.24. The Labute approximate surface area is 209 Å². The summed E-state index contributed by atoms with van der Waals surface area (Å²) in [6, 6.07) is 18.3. The number of ketones is 2. The van der Waals surface area contributed by atoms with Gasteiger partial charge in [-0.3, -0.25) is 9.59 Å². The van der Waals surface area contributed by atoms with Crippen molar-refractivity contribution in [3.8, 4) is 0 Å². The largest absolute Gasteiger partial charge is 0.490 e. The minimum Gasteiger partial charge on any atom is -0.490 e. The van der Waals surface area contributed by atoms with E-state index in [1.165, 1.54) is 28.4 Å². The van der Waals surface area contributed by atoms with E-state index in [9.17, 15) is 19.2 Å². The molecule has 2 aromatic rings. The fourth-order valence-electron chi connectivity index (χ4n) is 4.69. The Bertz CT molecular complexity index is 1070. The first-order valence-electron chi connectivity index (χ1n) is 11.2. The molecule has 2 aromatic carbocycles. The third-order valence-electron chi connectivity index (χ3n) is 6.33. The van der Waals surface area contributed by atoms with E-state index in [2.05, 4.69) is 0 Å². The summed E-state index contributed by atoms with van der Waals surface area (Å²) >= 11 is 0. The topological polar surface area (TPSA) is 105 Å². The van der Waals surface area contributed by atoms with Crippen LogP contribution in [0, 0.1) is 11.8 Å². The van der Waals surface area contributed by atoms with Gasteiger partial charge in [-0.15, -0.1) is 0 Å². The number of methoxy groups -OCH3 is 4. The Morgan fingerprint density at radius 3 is 1.17 bits per heavy atom. The van der Waals surface area contributed by atoms with Crippen LogP contribution in [0.25, 0.3) is 0 Å². The molecule has 1 aliphatic rings. The zero-order valence-electron chi connectivity index (χ0n) is 20.5. The van der Waals surface area contributed by atoms with Crippen LogP contribution in [-0.2, 0) is 38.1 Å². The standard InChI is InChI=1S/C28H28O8/c1-33-21(27(31)35-3)15-19(29)25-23(17-11-7-5-8-12-17)26(24(25)18-13-9-6-10-14-18)20(30)16-22(34-2)28(32)36-4/h5-16,23-26H,1-4H3. The van der Waals surface area contributed by atoms with Crippen molar-refractivity contribution in [2.45, 2.75) is 11.8 Å². The number of hydrogen-bond donors (Lipinski definition) is 0. The van der Waals surface area contributed by atoms with Crippen LogP contribution in [0.3, 0.4) is 0 Å². The van der Waals surface area contributed by atoms with E-state index in [1.807, 2.05) is 60.7 Å². The fraction of sp³-hybridized carbons (Fsp3) is 0.286. The second-order valence-electron chi connectivity index (χ2n) is 8.14. The molecular weight excluding hydrogens is 464 g/mol. The van der Waals surface area contributed by atoms with Crippen molar-refractivity contribution < 1.29 is 38.1 Å². The highest BCUT2D eigenvalue weighted by Gasteiger charge is 2.57. The van der Waals surface area contributed by atoms with Gasteiger partial charge < -0.3 is 18.9 Å². The first kappa shape index (κ1) is 26.4. The number of carbonyl (C=O) groups excluding carboxylic acids is 4. The summed E-state index contributed by atoms with van der Waals surface area (Å²) in [5.74, 6) is -5.22. The summed E-state index contributed by atoms with van der Waals surface area (Å²) in [6.45, 7) is 0. The van der Waals surface area contributed by atoms with Crippen LogP contribution in [-0.4, -0.2) is 51.9 Å². The number of carbonyl (C=O) groups is 4. The minimum absolute atomic E-state index is 0.233. The summed E-state index contributed by atoms with van der Waals surface area (Å²) in [7, 11) is 4.93. The van der Waals surface area contributed by atoms with Gasteiger partial charge in [0, 0.05) is 35.8 Å². The summed E-state index contributed by atoms with van der Waals surface area (Å²) in [5, 5.41) is 0. The third kappa shape index (κ3) is 5.38. The van der Waals surface area contributed by atoms with Crippen LogP contribution < -0.4 is 0 Å². The maximum absolute atomic E-state index is 13.6. The molecule has 0 atom stereocenters. The molecule has 0 heterocycles. The van der Waals surface area contributed by atoms with Crippen molar-refractivity contribution in [2.24, 2.45) is 11.8 Å². The van der Waals surface area contributed by atoms with Crippen molar-refractivity contribution in [1.82, 2.24) is 0 Å². The van der Waals surface area contributed by atoms with E-state index in [4.69, 9.17) is 18.9 Å². The van der Waals surface area contributed by atoms with Gasteiger partial charge in [-0.05, 0) is 11.1 Å². The molecule has 0 radical (unpaired) electrons. The summed E-state index contributed by atoms with van der Waals surface area (Å²) < 4.78 is 19.6. The summed E-state index contributed by atoms with van der Waals surface area (Å²) in [4.78, 5) is 51.3.